The molecule has 3 nitrogen and oxygen atoms in total. The van der Waals surface area contributed by atoms with Crippen molar-refractivity contribution >= 4 is 31.9 Å². The predicted octanol–water partition coefficient (Wildman–Crippen LogP) is 3.79. The lowest BCUT2D eigenvalue weighted by molar-refractivity contribution is 0.279. The van der Waals surface area contributed by atoms with Gasteiger partial charge in [0.15, 0.2) is 0 Å². The summed E-state index contributed by atoms with van der Waals surface area (Å²) in [6.45, 7) is 2.69. The lowest BCUT2D eigenvalue weighted by Crippen LogP contribution is -2.16. The van der Waals surface area contributed by atoms with E-state index in [2.05, 4.69) is 68.3 Å². The Morgan fingerprint density at radius 2 is 1.90 bits per heavy atom. The highest BCUT2D eigenvalue weighted by Crippen LogP contribution is 2.35. The van der Waals surface area contributed by atoms with Gasteiger partial charge < -0.3 is 15.0 Å². The van der Waals surface area contributed by atoms with Crippen LogP contribution in [0.2, 0.25) is 0 Å². The van der Waals surface area contributed by atoms with E-state index in [4.69, 9.17) is 4.74 Å². The van der Waals surface area contributed by atoms with Gasteiger partial charge in [-0.15, -0.1) is 0 Å². The van der Waals surface area contributed by atoms with Crippen LogP contribution in [0.4, 0.5) is 0 Å². The number of nitrogens with zero attached hydrogens (tertiary/aromatic N) is 1. The molecule has 0 amide bonds. The third-order valence-electron chi connectivity index (χ3n) is 3.23. The van der Waals surface area contributed by atoms with Crippen molar-refractivity contribution in [3.8, 4) is 5.75 Å². The van der Waals surface area contributed by atoms with Gasteiger partial charge in [0.25, 0.3) is 0 Å². The summed E-state index contributed by atoms with van der Waals surface area (Å²) in [5, 5.41) is 3.52. The molecule has 1 aromatic carbocycles. The molecule has 1 saturated carbocycles. The first-order valence-corrected chi connectivity index (χ1v) is 8.63. The van der Waals surface area contributed by atoms with Crippen LogP contribution in [-0.4, -0.2) is 38.2 Å². The van der Waals surface area contributed by atoms with Crippen LogP contribution in [0.15, 0.2) is 21.1 Å². The summed E-state index contributed by atoms with van der Waals surface area (Å²) in [7, 11) is 4.15. The molecule has 5 heteroatoms. The van der Waals surface area contributed by atoms with Crippen LogP contribution in [0.25, 0.3) is 0 Å². The molecule has 0 atom stereocenters. The van der Waals surface area contributed by atoms with Crippen molar-refractivity contribution < 1.29 is 4.74 Å². The van der Waals surface area contributed by atoms with Gasteiger partial charge in [-0.1, -0.05) is 0 Å². The van der Waals surface area contributed by atoms with E-state index < -0.39 is 0 Å². The average Bonchev–Trinajstić information content (AvgIpc) is 3.18. The quantitative estimate of drug-likeness (QED) is 0.665. The van der Waals surface area contributed by atoms with Gasteiger partial charge in [0.1, 0.15) is 5.75 Å². The first-order chi connectivity index (χ1) is 9.56. The first-order valence-electron chi connectivity index (χ1n) is 7.05. The number of ether oxygens (including phenoxy) is 1. The monoisotopic (exact) mass is 404 g/mol. The van der Waals surface area contributed by atoms with Crippen molar-refractivity contribution in [2.75, 3.05) is 27.2 Å². The van der Waals surface area contributed by atoms with Crippen molar-refractivity contribution in [2.24, 2.45) is 0 Å². The highest BCUT2D eigenvalue weighted by atomic mass is 79.9. The second-order valence-electron chi connectivity index (χ2n) is 5.55. The molecule has 1 fully saturated rings. The van der Waals surface area contributed by atoms with Gasteiger partial charge in [-0.2, -0.15) is 0 Å². The molecular formula is C15H22Br2N2O. The maximum Gasteiger partial charge on any atom is 0.147 e. The normalized spacial score (nSPS) is 14.8. The Hall–Kier alpha value is -0.100. The zero-order valence-corrected chi connectivity index (χ0v) is 15.3. The number of hydrogen-bond acceptors (Lipinski definition) is 3. The third kappa shape index (κ3) is 5.35. The summed E-state index contributed by atoms with van der Waals surface area (Å²) < 4.78 is 7.91. The maximum atomic E-state index is 5.87. The van der Waals surface area contributed by atoms with Crippen molar-refractivity contribution in [1.29, 1.82) is 0 Å². The van der Waals surface area contributed by atoms with Crippen LogP contribution in [0.3, 0.4) is 0 Å². The number of rotatable bonds is 8. The molecule has 0 saturated heterocycles. The molecule has 2 rings (SSSR count). The van der Waals surface area contributed by atoms with E-state index in [9.17, 15) is 0 Å². The summed E-state index contributed by atoms with van der Waals surface area (Å²) in [6, 6.07) is 5.01. The molecule has 0 radical (unpaired) electrons. The highest BCUT2D eigenvalue weighted by molar-refractivity contribution is 9.11. The molecule has 1 aliphatic rings. The van der Waals surface area contributed by atoms with Gasteiger partial charge in [0.05, 0.1) is 15.6 Å². The Kier molecular flexibility index (Phi) is 6.33. The molecule has 1 aromatic rings. The minimum absolute atomic E-state index is 0.731. The highest BCUT2D eigenvalue weighted by Gasteiger charge is 2.20. The minimum Gasteiger partial charge on any atom is -0.491 e. The molecule has 0 unspecified atom stereocenters. The fraction of sp³-hybridized carbons (Fsp3) is 0.600. The molecule has 0 aromatic heterocycles. The lowest BCUT2D eigenvalue weighted by Gasteiger charge is -2.14. The van der Waals surface area contributed by atoms with Gasteiger partial charge in [-0.3, -0.25) is 0 Å². The molecule has 0 heterocycles. The van der Waals surface area contributed by atoms with Crippen LogP contribution in [0, 0.1) is 0 Å². The molecule has 20 heavy (non-hydrogen) atoms. The molecule has 1 aliphatic carbocycles. The van der Waals surface area contributed by atoms with Crippen LogP contribution in [-0.2, 0) is 6.54 Å². The molecule has 0 aliphatic heterocycles. The largest absolute Gasteiger partial charge is 0.491 e. The van der Waals surface area contributed by atoms with E-state index in [1.54, 1.807) is 0 Å². The van der Waals surface area contributed by atoms with Gasteiger partial charge in [-0.25, -0.2) is 0 Å². The van der Waals surface area contributed by atoms with E-state index in [1.165, 1.54) is 18.4 Å². The van der Waals surface area contributed by atoms with Gasteiger partial charge in [0.2, 0.25) is 0 Å². The van der Waals surface area contributed by atoms with Gasteiger partial charge >= 0.3 is 0 Å². The Labute approximate surface area is 138 Å². The van der Waals surface area contributed by atoms with E-state index in [0.717, 1.165) is 46.9 Å². The van der Waals surface area contributed by atoms with E-state index in [1.807, 2.05) is 0 Å². The second-order valence-corrected chi connectivity index (χ2v) is 7.26. The minimum atomic E-state index is 0.731. The third-order valence-corrected chi connectivity index (χ3v) is 4.40. The molecule has 0 bridgehead atoms. The van der Waals surface area contributed by atoms with Crippen LogP contribution in [0.5, 0.6) is 5.75 Å². The van der Waals surface area contributed by atoms with Crippen LogP contribution >= 0.6 is 31.9 Å². The maximum absolute atomic E-state index is 5.87. The first kappa shape index (κ1) is 16.3. The van der Waals surface area contributed by atoms with Crippen molar-refractivity contribution in [3.05, 3.63) is 26.6 Å². The van der Waals surface area contributed by atoms with E-state index in [0.29, 0.717) is 0 Å². The Morgan fingerprint density at radius 1 is 1.25 bits per heavy atom. The SMILES string of the molecule is CN(C)CCCOc1c(Br)cc(CNC2CC2)cc1Br. The molecule has 1 N–H and O–H groups in total. The predicted molar refractivity (Wildman–Crippen MR) is 90.4 cm³/mol. The Balaban J connectivity index is 1.87. The molecular weight excluding hydrogens is 384 g/mol. The smallest absolute Gasteiger partial charge is 0.147 e. The molecule has 0 spiro atoms. The summed E-state index contributed by atoms with van der Waals surface area (Å²) in [5.74, 6) is 0.902. The fourth-order valence-corrected chi connectivity index (χ4v) is 3.47. The lowest BCUT2D eigenvalue weighted by atomic mass is 10.2. The van der Waals surface area contributed by atoms with Gasteiger partial charge in [0, 0.05) is 19.1 Å². The van der Waals surface area contributed by atoms with E-state index in [-0.39, 0.29) is 0 Å². The standard InChI is InChI=1S/C15H22Br2N2O/c1-19(2)6-3-7-20-15-13(16)8-11(9-14(15)17)10-18-12-4-5-12/h8-9,12,18H,3-7,10H2,1-2H3. The summed E-state index contributed by atoms with van der Waals surface area (Å²) in [4.78, 5) is 2.17. The number of halogens is 2. The van der Waals surface area contributed by atoms with Gasteiger partial charge in [-0.05, 0) is 82.9 Å². The topological polar surface area (TPSA) is 24.5 Å². The zero-order chi connectivity index (χ0) is 14.5. The Bertz CT molecular complexity index is 424. The number of benzene rings is 1. The number of hydrogen-bond donors (Lipinski definition) is 1. The fourth-order valence-electron chi connectivity index (χ4n) is 1.96. The van der Waals surface area contributed by atoms with Crippen molar-refractivity contribution in [1.82, 2.24) is 10.2 Å². The Morgan fingerprint density at radius 3 is 2.45 bits per heavy atom. The summed E-state index contributed by atoms with van der Waals surface area (Å²) in [6.07, 6.45) is 3.65. The summed E-state index contributed by atoms with van der Waals surface area (Å²) >= 11 is 7.22. The average molecular weight is 406 g/mol. The number of nitrogens with one attached hydrogen (secondary N) is 1. The molecule has 112 valence electrons. The van der Waals surface area contributed by atoms with Crippen molar-refractivity contribution in [3.63, 3.8) is 0 Å². The summed E-state index contributed by atoms with van der Waals surface area (Å²) in [5.41, 5.74) is 1.27. The van der Waals surface area contributed by atoms with Crippen LogP contribution < -0.4 is 10.1 Å². The van der Waals surface area contributed by atoms with Crippen LogP contribution in [0.1, 0.15) is 24.8 Å². The zero-order valence-electron chi connectivity index (χ0n) is 12.1. The second kappa shape index (κ2) is 7.78. The van der Waals surface area contributed by atoms with Crippen molar-refractivity contribution in [2.45, 2.75) is 31.8 Å². The van der Waals surface area contributed by atoms with E-state index >= 15 is 0 Å².